The summed E-state index contributed by atoms with van der Waals surface area (Å²) >= 11 is 0. The van der Waals surface area contributed by atoms with Gasteiger partial charge in [0.2, 0.25) is 0 Å². The molecule has 1 fully saturated rings. The highest BCUT2D eigenvalue weighted by Crippen LogP contribution is 2.63. The molecule has 7 aliphatic rings. The normalized spacial score (nSPS) is 19.2. The molecule has 372 valence electrons. The maximum Gasteiger partial charge on any atom is 0.193 e. The Hall–Kier alpha value is -8.44. The predicted octanol–water partition coefficient (Wildman–Crippen LogP) is 18.7. The molecule has 4 heterocycles. The number of aromatic nitrogens is 2. The molecule has 4 aromatic heterocycles. The van der Waals surface area contributed by atoms with Crippen molar-refractivity contribution in [2.75, 3.05) is 0 Å². The molecule has 0 N–H and O–H groups in total. The molecule has 0 amide bonds. The Labute approximate surface area is 453 Å². The Balaban J connectivity index is 1.05. The molecular formula is C74H56N4. The van der Waals surface area contributed by atoms with Gasteiger partial charge in [0.15, 0.2) is 5.69 Å². The highest BCUT2D eigenvalue weighted by atomic mass is 14.9. The molecule has 9 aromatic carbocycles. The fourth-order valence-corrected chi connectivity index (χ4v) is 17.2. The number of hydrogen-bond donors (Lipinski definition) is 0. The third kappa shape index (κ3) is 5.09. The zero-order valence-electron chi connectivity index (χ0n) is 45.0. The molecule has 7 aliphatic carbocycles. The van der Waals surface area contributed by atoms with E-state index in [2.05, 4.69) is 201 Å². The maximum atomic E-state index is 11.5. The predicted molar refractivity (Wildman–Crippen MR) is 319 cm³/mol. The molecule has 4 bridgehead atoms. The van der Waals surface area contributed by atoms with Crippen molar-refractivity contribution in [1.29, 1.82) is 5.26 Å². The Bertz CT molecular complexity index is 4920. The largest absolute Gasteiger partial charge is 0.309 e. The van der Waals surface area contributed by atoms with E-state index in [9.17, 15) is 5.26 Å². The number of rotatable bonds is 2. The molecule has 0 unspecified atom stereocenters. The number of nitrogens with zero attached hydrogens (tertiary/aromatic N) is 4. The lowest BCUT2D eigenvalue weighted by atomic mass is 9.59. The standard InChI is InChI=1S/C74H56N4/c1-73(2,3)39-30-49-50-34-57-60(52-31-40(74(4,5)6)33-54-66-58(77(57)72(52)54)35-55(76-7)67-62-43-22-12-16-26-47(43)64(69(66)67)48-27-17-13-23-44(48)62)51(28-37-18-8-9-19-37)71(50)78-56-29-38(36-75)59-61-41-20-10-14-24-45(41)63(46-25-15-11-21-42(46)61)68(59)65(56)53(32-39)70(49)78/h10-17,20-27,29-35,37,61-64H,8-9,18-19,28H2,1-6H3. The van der Waals surface area contributed by atoms with Crippen molar-refractivity contribution in [2.24, 2.45) is 5.92 Å². The van der Waals surface area contributed by atoms with Gasteiger partial charge in [-0.15, -0.1) is 0 Å². The van der Waals surface area contributed by atoms with E-state index in [0.717, 1.165) is 28.7 Å². The van der Waals surface area contributed by atoms with Gasteiger partial charge < -0.3 is 8.80 Å². The van der Waals surface area contributed by atoms with Gasteiger partial charge in [-0.2, -0.15) is 5.26 Å². The molecule has 4 heteroatoms. The second-order valence-electron chi connectivity index (χ2n) is 26.2. The van der Waals surface area contributed by atoms with Gasteiger partial charge in [0.05, 0.1) is 45.8 Å². The minimum absolute atomic E-state index is 0.0000135. The summed E-state index contributed by atoms with van der Waals surface area (Å²) in [5.41, 5.74) is 28.7. The van der Waals surface area contributed by atoms with Gasteiger partial charge in [0.25, 0.3) is 0 Å². The third-order valence-corrected chi connectivity index (χ3v) is 20.4. The Kier molecular flexibility index (Phi) is 8.04. The minimum Gasteiger partial charge on any atom is -0.309 e. The fourth-order valence-electron chi connectivity index (χ4n) is 17.2. The summed E-state index contributed by atoms with van der Waals surface area (Å²) in [6.45, 7) is 23.3. The first-order valence-corrected chi connectivity index (χ1v) is 28.7. The van der Waals surface area contributed by atoms with Crippen molar-refractivity contribution in [2.45, 2.75) is 108 Å². The van der Waals surface area contributed by atoms with Crippen LogP contribution < -0.4 is 0 Å². The van der Waals surface area contributed by atoms with Crippen LogP contribution in [0, 0.1) is 23.8 Å². The zero-order valence-corrected chi connectivity index (χ0v) is 45.0. The topological polar surface area (TPSA) is 37.0 Å². The van der Waals surface area contributed by atoms with E-state index in [0.29, 0.717) is 5.92 Å². The third-order valence-electron chi connectivity index (χ3n) is 20.4. The van der Waals surface area contributed by atoms with Crippen LogP contribution in [0.5, 0.6) is 0 Å². The van der Waals surface area contributed by atoms with E-state index in [-0.39, 0.29) is 34.5 Å². The Morgan fingerprint density at radius 1 is 0.474 bits per heavy atom. The minimum atomic E-state index is -0.135. The van der Waals surface area contributed by atoms with E-state index in [1.807, 2.05) is 0 Å². The molecule has 20 rings (SSSR count). The lowest BCUT2D eigenvalue weighted by Crippen LogP contribution is -2.28. The van der Waals surface area contributed by atoms with Crippen molar-refractivity contribution >= 4 is 81.9 Å². The summed E-state index contributed by atoms with van der Waals surface area (Å²) in [5.74, 6) is 0.592. The molecule has 13 aromatic rings. The number of hydrogen-bond acceptors (Lipinski definition) is 1. The van der Waals surface area contributed by atoms with Gasteiger partial charge in [-0.3, -0.25) is 0 Å². The zero-order chi connectivity index (χ0) is 52.2. The monoisotopic (exact) mass is 1000 g/mol. The van der Waals surface area contributed by atoms with Crippen LogP contribution in [0.1, 0.15) is 180 Å². The van der Waals surface area contributed by atoms with Gasteiger partial charge in [-0.1, -0.05) is 164 Å². The molecule has 0 radical (unpaired) electrons. The average Bonchev–Trinajstić information content (AvgIpc) is 2.44. The van der Waals surface area contributed by atoms with Crippen LogP contribution in [0.15, 0.2) is 140 Å². The van der Waals surface area contributed by atoms with Gasteiger partial charge >= 0.3 is 0 Å². The Morgan fingerprint density at radius 2 is 0.872 bits per heavy atom. The van der Waals surface area contributed by atoms with Crippen LogP contribution in [0.25, 0.3) is 81.0 Å². The summed E-state index contributed by atoms with van der Waals surface area (Å²) < 4.78 is 5.30. The van der Waals surface area contributed by atoms with Gasteiger partial charge in [-0.25, -0.2) is 4.85 Å². The van der Waals surface area contributed by atoms with Crippen LogP contribution in [0.2, 0.25) is 0 Å². The van der Waals surface area contributed by atoms with Crippen molar-refractivity contribution in [1.82, 2.24) is 8.80 Å². The second-order valence-corrected chi connectivity index (χ2v) is 26.2. The van der Waals surface area contributed by atoms with Crippen LogP contribution in [0.4, 0.5) is 5.69 Å². The van der Waals surface area contributed by atoms with Gasteiger partial charge in [0.1, 0.15) is 0 Å². The van der Waals surface area contributed by atoms with Crippen LogP contribution in [-0.4, -0.2) is 8.80 Å². The first-order chi connectivity index (χ1) is 37.9. The number of fused-ring (bicyclic) bond motifs is 12. The quantitative estimate of drug-likeness (QED) is 0.159. The highest BCUT2D eigenvalue weighted by Gasteiger charge is 2.47. The Morgan fingerprint density at radius 3 is 1.35 bits per heavy atom. The van der Waals surface area contributed by atoms with Crippen molar-refractivity contribution in [3.8, 4) is 6.07 Å². The average molecular weight is 1000 g/mol. The van der Waals surface area contributed by atoms with Crippen molar-refractivity contribution in [3.05, 3.63) is 240 Å². The van der Waals surface area contributed by atoms with Crippen LogP contribution >= 0.6 is 0 Å². The van der Waals surface area contributed by atoms with Crippen molar-refractivity contribution in [3.63, 3.8) is 0 Å². The molecule has 4 nitrogen and oxygen atoms in total. The molecular weight excluding hydrogens is 945 g/mol. The maximum absolute atomic E-state index is 11.5. The first kappa shape index (κ1) is 43.6. The summed E-state index contributed by atoms with van der Waals surface area (Å²) in [7, 11) is 0. The molecule has 0 spiro atoms. The van der Waals surface area contributed by atoms with E-state index >= 15 is 0 Å². The van der Waals surface area contributed by atoms with E-state index in [1.54, 1.807) is 0 Å². The number of nitriles is 1. The summed E-state index contributed by atoms with van der Waals surface area (Å²) in [5, 5.41) is 22.0. The smallest absolute Gasteiger partial charge is 0.193 e. The first-order valence-electron chi connectivity index (χ1n) is 28.7. The van der Waals surface area contributed by atoms with Gasteiger partial charge in [0, 0.05) is 72.3 Å². The molecule has 78 heavy (non-hydrogen) atoms. The molecule has 0 saturated heterocycles. The second kappa shape index (κ2) is 14.4. The SMILES string of the molecule is [C-]#[N+]c1cc2c(c3c1C1c4ccccc4C3c3ccccc31)c1cc(C(C)(C)C)cc3c4c(CC5CCCC5)c5c(cc4n2c13)c1cc(C(C)(C)C)cc2c3c4c(c(C#N)cc3n5c12)C1c2ccccc2C4c2ccccc21. The van der Waals surface area contributed by atoms with Crippen LogP contribution in [-0.2, 0) is 17.3 Å². The van der Waals surface area contributed by atoms with Crippen LogP contribution in [0.3, 0.4) is 0 Å². The summed E-state index contributed by atoms with van der Waals surface area (Å²) in [6, 6.07) is 56.5. The highest BCUT2D eigenvalue weighted by molar-refractivity contribution is 6.31. The molecule has 0 atom stereocenters. The summed E-state index contributed by atoms with van der Waals surface area (Å²) in [6.07, 6.45) is 5.98. The van der Waals surface area contributed by atoms with Gasteiger partial charge in [-0.05, 0) is 149 Å². The number of benzene rings is 9. The van der Waals surface area contributed by atoms with E-state index in [4.69, 9.17) is 6.57 Å². The molecule has 0 aliphatic heterocycles. The van der Waals surface area contributed by atoms with E-state index < -0.39 is 0 Å². The van der Waals surface area contributed by atoms with Crippen molar-refractivity contribution < 1.29 is 0 Å². The van der Waals surface area contributed by atoms with E-state index in [1.165, 1.54) is 174 Å². The fraction of sp³-hybridized carbons (Fsp3) is 0.243. The lowest BCUT2D eigenvalue weighted by Gasteiger charge is -2.43. The summed E-state index contributed by atoms with van der Waals surface area (Å²) in [4.78, 5) is 4.52. The lowest BCUT2D eigenvalue weighted by molar-refractivity contribution is 0.550. The molecule has 1 saturated carbocycles.